The SMILES string of the molecule is COC(=O)c1nc(F)c(F)c(C)c1Cl. The van der Waals surface area contributed by atoms with Crippen molar-refractivity contribution in [1.29, 1.82) is 0 Å². The number of aromatic nitrogens is 1. The molecule has 76 valence electrons. The first-order chi connectivity index (χ1) is 6.49. The van der Waals surface area contributed by atoms with E-state index in [0.717, 1.165) is 7.11 Å². The molecule has 0 amide bonds. The lowest BCUT2D eigenvalue weighted by Crippen LogP contribution is -2.09. The van der Waals surface area contributed by atoms with E-state index in [2.05, 4.69) is 9.72 Å². The molecule has 0 spiro atoms. The Morgan fingerprint density at radius 2 is 2.07 bits per heavy atom. The molecule has 0 fully saturated rings. The molecule has 3 nitrogen and oxygen atoms in total. The second-order valence-corrected chi connectivity index (χ2v) is 2.87. The third kappa shape index (κ3) is 1.68. The Morgan fingerprint density at radius 3 is 2.57 bits per heavy atom. The second-order valence-electron chi connectivity index (χ2n) is 2.50. The summed E-state index contributed by atoms with van der Waals surface area (Å²) in [6.45, 7) is 1.24. The molecule has 6 heteroatoms. The maximum atomic E-state index is 12.9. The van der Waals surface area contributed by atoms with Crippen molar-refractivity contribution in [2.75, 3.05) is 7.11 Å². The zero-order chi connectivity index (χ0) is 10.9. The molecule has 1 heterocycles. The quantitative estimate of drug-likeness (QED) is 0.539. The summed E-state index contributed by atoms with van der Waals surface area (Å²) in [5.74, 6) is -3.44. The molecule has 1 rings (SSSR count). The van der Waals surface area contributed by atoms with Gasteiger partial charge in [-0.25, -0.2) is 14.2 Å². The number of ether oxygens (including phenoxy) is 1. The fourth-order valence-corrected chi connectivity index (χ4v) is 1.06. The molecule has 14 heavy (non-hydrogen) atoms. The Hall–Kier alpha value is -1.23. The summed E-state index contributed by atoms with van der Waals surface area (Å²) in [6, 6.07) is 0. The smallest absolute Gasteiger partial charge is 0.358 e. The van der Waals surface area contributed by atoms with Crippen LogP contribution in [-0.2, 0) is 4.74 Å². The van der Waals surface area contributed by atoms with Gasteiger partial charge in [0, 0.05) is 5.56 Å². The molecule has 0 saturated carbocycles. The lowest BCUT2D eigenvalue weighted by molar-refractivity contribution is 0.0592. The van der Waals surface area contributed by atoms with Gasteiger partial charge in [0.05, 0.1) is 12.1 Å². The first-order valence-corrected chi connectivity index (χ1v) is 3.96. The van der Waals surface area contributed by atoms with Gasteiger partial charge in [0.25, 0.3) is 0 Å². The Labute approximate surface area is 83.7 Å². The first kappa shape index (κ1) is 10.8. The molecule has 0 aromatic carbocycles. The molecule has 0 bridgehead atoms. The van der Waals surface area contributed by atoms with Crippen LogP contribution in [0.2, 0.25) is 5.02 Å². The molecule has 1 aromatic heterocycles. The zero-order valence-electron chi connectivity index (χ0n) is 7.40. The lowest BCUT2D eigenvalue weighted by atomic mass is 10.2. The van der Waals surface area contributed by atoms with Crippen molar-refractivity contribution in [3.05, 3.63) is 28.0 Å². The van der Waals surface area contributed by atoms with Gasteiger partial charge in [0.15, 0.2) is 11.5 Å². The van der Waals surface area contributed by atoms with Crippen molar-refractivity contribution in [2.24, 2.45) is 0 Å². The normalized spacial score (nSPS) is 10.1. The van der Waals surface area contributed by atoms with Crippen LogP contribution in [0.3, 0.4) is 0 Å². The molecule has 0 aliphatic heterocycles. The van der Waals surface area contributed by atoms with Crippen LogP contribution in [0, 0.1) is 18.7 Å². The van der Waals surface area contributed by atoms with E-state index in [0.29, 0.717) is 0 Å². The highest BCUT2D eigenvalue weighted by atomic mass is 35.5. The molecule has 0 saturated heterocycles. The maximum Gasteiger partial charge on any atom is 0.358 e. The van der Waals surface area contributed by atoms with E-state index in [-0.39, 0.29) is 10.6 Å². The summed E-state index contributed by atoms with van der Waals surface area (Å²) in [6.07, 6.45) is 0. The van der Waals surface area contributed by atoms with E-state index >= 15 is 0 Å². The van der Waals surface area contributed by atoms with E-state index < -0.39 is 23.4 Å². The highest BCUT2D eigenvalue weighted by Crippen LogP contribution is 2.23. The number of pyridine rings is 1. The van der Waals surface area contributed by atoms with Crippen LogP contribution in [0.5, 0.6) is 0 Å². The van der Waals surface area contributed by atoms with Crippen molar-refractivity contribution in [2.45, 2.75) is 6.92 Å². The van der Waals surface area contributed by atoms with Crippen LogP contribution < -0.4 is 0 Å². The van der Waals surface area contributed by atoms with Gasteiger partial charge in [-0.3, -0.25) is 0 Å². The summed E-state index contributed by atoms with van der Waals surface area (Å²) in [4.78, 5) is 14.0. The number of rotatable bonds is 1. The summed E-state index contributed by atoms with van der Waals surface area (Å²) >= 11 is 5.57. The Morgan fingerprint density at radius 1 is 1.50 bits per heavy atom. The van der Waals surface area contributed by atoms with E-state index in [1.54, 1.807) is 0 Å². The Balaban J connectivity index is 3.40. The molecular weight excluding hydrogens is 216 g/mol. The van der Waals surface area contributed by atoms with Crippen LogP contribution in [-0.4, -0.2) is 18.1 Å². The lowest BCUT2D eigenvalue weighted by Gasteiger charge is -2.05. The predicted molar refractivity (Wildman–Crippen MR) is 45.2 cm³/mol. The standard InChI is InChI=1S/C8H6ClF2NO2/c1-3-4(9)6(8(13)14-2)12-7(11)5(3)10/h1-2H3. The molecule has 0 radical (unpaired) electrons. The summed E-state index contributed by atoms with van der Waals surface area (Å²) in [5, 5.41) is -0.240. The predicted octanol–water partition coefficient (Wildman–Crippen LogP) is 2.11. The summed E-state index contributed by atoms with van der Waals surface area (Å²) < 4.78 is 29.9. The number of halogens is 3. The molecule has 0 aliphatic carbocycles. The van der Waals surface area contributed by atoms with Crippen LogP contribution in [0.4, 0.5) is 8.78 Å². The number of hydrogen-bond acceptors (Lipinski definition) is 3. The third-order valence-electron chi connectivity index (χ3n) is 1.64. The molecule has 0 N–H and O–H groups in total. The highest BCUT2D eigenvalue weighted by Gasteiger charge is 2.20. The van der Waals surface area contributed by atoms with Crippen LogP contribution in [0.1, 0.15) is 16.1 Å². The zero-order valence-corrected chi connectivity index (χ0v) is 8.15. The average molecular weight is 222 g/mol. The van der Waals surface area contributed by atoms with Crippen molar-refractivity contribution >= 4 is 17.6 Å². The van der Waals surface area contributed by atoms with Crippen molar-refractivity contribution < 1.29 is 18.3 Å². The molecule has 0 atom stereocenters. The number of methoxy groups -OCH3 is 1. The van der Waals surface area contributed by atoms with Crippen LogP contribution >= 0.6 is 11.6 Å². The highest BCUT2D eigenvalue weighted by molar-refractivity contribution is 6.34. The molecule has 1 aromatic rings. The van der Waals surface area contributed by atoms with Crippen molar-refractivity contribution in [3.63, 3.8) is 0 Å². The summed E-state index contributed by atoms with van der Waals surface area (Å²) in [5.41, 5.74) is -0.592. The Bertz CT molecular complexity index is 395. The van der Waals surface area contributed by atoms with E-state index in [4.69, 9.17) is 11.6 Å². The first-order valence-electron chi connectivity index (χ1n) is 3.58. The van der Waals surface area contributed by atoms with E-state index in [9.17, 15) is 13.6 Å². The van der Waals surface area contributed by atoms with Gasteiger partial charge in [-0.05, 0) is 6.92 Å². The molecule has 0 unspecified atom stereocenters. The third-order valence-corrected chi connectivity index (χ3v) is 2.10. The van der Waals surface area contributed by atoms with Gasteiger partial charge < -0.3 is 4.74 Å². The van der Waals surface area contributed by atoms with Gasteiger partial charge in [-0.1, -0.05) is 11.6 Å². The van der Waals surface area contributed by atoms with Gasteiger partial charge in [-0.15, -0.1) is 0 Å². The summed E-state index contributed by atoms with van der Waals surface area (Å²) in [7, 11) is 1.09. The molecular formula is C8H6ClF2NO2. The average Bonchev–Trinajstić information content (AvgIpc) is 2.19. The monoisotopic (exact) mass is 221 g/mol. The fraction of sp³-hybridized carbons (Fsp3) is 0.250. The van der Waals surface area contributed by atoms with E-state index in [1.165, 1.54) is 6.92 Å². The maximum absolute atomic E-state index is 12.9. The fourth-order valence-electron chi connectivity index (χ4n) is 0.857. The van der Waals surface area contributed by atoms with E-state index in [1.807, 2.05) is 0 Å². The van der Waals surface area contributed by atoms with Crippen LogP contribution in [0.25, 0.3) is 0 Å². The number of carbonyl (C=O) groups is 1. The molecule has 0 aliphatic rings. The van der Waals surface area contributed by atoms with Gasteiger partial charge in [-0.2, -0.15) is 4.39 Å². The van der Waals surface area contributed by atoms with Crippen molar-refractivity contribution in [3.8, 4) is 0 Å². The van der Waals surface area contributed by atoms with Crippen LogP contribution in [0.15, 0.2) is 0 Å². The van der Waals surface area contributed by atoms with Gasteiger partial charge in [0.2, 0.25) is 5.95 Å². The number of carbonyl (C=O) groups excluding carboxylic acids is 1. The topological polar surface area (TPSA) is 39.2 Å². The second kappa shape index (κ2) is 3.88. The van der Waals surface area contributed by atoms with Gasteiger partial charge in [0.1, 0.15) is 0 Å². The minimum Gasteiger partial charge on any atom is -0.464 e. The largest absolute Gasteiger partial charge is 0.464 e. The minimum absolute atomic E-state index is 0.167. The number of hydrogen-bond donors (Lipinski definition) is 0. The number of nitrogens with zero attached hydrogens (tertiary/aromatic N) is 1. The van der Waals surface area contributed by atoms with Crippen molar-refractivity contribution in [1.82, 2.24) is 4.98 Å². The minimum atomic E-state index is -1.37. The Kier molecular flexibility index (Phi) is 3.00. The number of esters is 1. The van der Waals surface area contributed by atoms with Gasteiger partial charge >= 0.3 is 5.97 Å².